The van der Waals surface area contributed by atoms with Gasteiger partial charge >= 0.3 is 0 Å². The van der Waals surface area contributed by atoms with Crippen LogP contribution in [0.2, 0.25) is 0 Å². The van der Waals surface area contributed by atoms with Crippen molar-refractivity contribution in [3.63, 3.8) is 0 Å². The van der Waals surface area contributed by atoms with Crippen LogP contribution in [0.15, 0.2) is 20.1 Å². The molecule has 0 aromatic carbocycles. The van der Waals surface area contributed by atoms with Gasteiger partial charge in [-0.05, 0) is 40.2 Å². The van der Waals surface area contributed by atoms with Crippen LogP contribution in [0.5, 0.6) is 0 Å². The molecule has 1 aromatic rings. The summed E-state index contributed by atoms with van der Waals surface area (Å²) in [6, 6.07) is 1.89. The van der Waals surface area contributed by atoms with E-state index in [2.05, 4.69) is 15.9 Å². The maximum absolute atomic E-state index is 12.2. The van der Waals surface area contributed by atoms with Crippen LogP contribution < -0.4 is 5.73 Å². The Bertz CT molecular complexity index is 469. The van der Waals surface area contributed by atoms with Crippen LogP contribution in [-0.2, 0) is 10.0 Å². The zero-order valence-electron chi connectivity index (χ0n) is 9.00. The van der Waals surface area contributed by atoms with Crippen LogP contribution in [0.25, 0.3) is 0 Å². The Balaban J connectivity index is 0.00000144. The zero-order valence-corrected chi connectivity index (χ0v) is 13.0. The summed E-state index contributed by atoms with van der Waals surface area (Å²) in [5, 5.41) is 1.77. The third kappa shape index (κ3) is 3.21. The molecule has 0 radical (unpaired) electrons. The lowest BCUT2D eigenvalue weighted by molar-refractivity contribution is 0.320. The quantitative estimate of drug-likeness (QED) is 0.877. The summed E-state index contributed by atoms with van der Waals surface area (Å²) in [6.45, 7) is 1.04. The van der Waals surface area contributed by atoms with Gasteiger partial charge in [-0.15, -0.1) is 23.7 Å². The van der Waals surface area contributed by atoms with E-state index in [0.29, 0.717) is 21.8 Å². The summed E-state index contributed by atoms with van der Waals surface area (Å²) >= 11 is 4.50. The van der Waals surface area contributed by atoms with Crippen molar-refractivity contribution in [1.29, 1.82) is 0 Å². The number of thiophene rings is 1. The van der Waals surface area contributed by atoms with Crippen molar-refractivity contribution < 1.29 is 8.42 Å². The highest BCUT2D eigenvalue weighted by atomic mass is 79.9. The van der Waals surface area contributed by atoms with E-state index in [0.717, 1.165) is 12.8 Å². The maximum atomic E-state index is 12.2. The molecule has 2 rings (SSSR count). The fourth-order valence-corrected chi connectivity index (χ4v) is 5.62. The molecule has 1 fully saturated rings. The van der Waals surface area contributed by atoms with Crippen LogP contribution in [-0.4, -0.2) is 31.9 Å². The van der Waals surface area contributed by atoms with Crippen molar-refractivity contribution in [1.82, 2.24) is 4.31 Å². The Morgan fingerprint density at radius 1 is 1.41 bits per heavy atom. The lowest BCUT2D eigenvalue weighted by Crippen LogP contribution is -2.42. The number of rotatable bonds is 2. The van der Waals surface area contributed by atoms with E-state index in [1.807, 2.05) is 0 Å². The van der Waals surface area contributed by atoms with Gasteiger partial charge in [-0.1, -0.05) is 0 Å². The van der Waals surface area contributed by atoms with Gasteiger partial charge in [0.2, 0.25) is 0 Å². The summed E-state index contributed by atoms with van der Waals surface area (Å²) in [4.78, 5) is 0. The molecule has 0 unspecified atom stereocenters. The van der Waals surface area contributed by atoms with E-state index in [-0.39, 0.29) is 18.4 Å². The number of piperidine rings is 1. The summed E-state index contributed by atoms with van der Waals surface area (Å²) < 4.78 is 27.0. The fourth-order valence-electron chi connectivity index (χ4n) is 1.70. The van der Waals surface area contributed by atoms with Gasteiger partial charge in [0, 0.05) is 23.6 Å². The van der Waals surface area contributed by atoms with E-state index in [1.54, 1.807) is 11.4 Å². The first-order chi connectivity index (χ1) is 7.51. The minimum atomic E-state index is -3.32. The molecular weight excluding hydrogens is 348 g/mol. The van der Waals surface area contributed by atoms with Crippen LogP contribution in [0.4, 0.5) is 0 Å². The number of halogens is 2. The predicted octanol–water partition coefficient (Wildman–Crippen LogP) is 2.04. The minimum absolute atomic E-state index is 0. The first-order valence-electron chi connectivity index (χ1n) is 5.00. The van der Waals surface area contributed by atoms with Gasteiger partial charge in [0.1, 0.15) is 4.21 Å². The third-order valence-corrected chi connectivity index (χ3v) is 7.20. The average molecular weight is 362 g/mol. The van der Waals surface area contributed by atoms with Gasteiger partial charge in [0.15, 0.2) is 0 Å². The molecule has 1 aliphatic rings. The van der Waals surface area contributed by atoms with Crippen LogP contribution >= 0.6 is 39.7 Å². The minimum Gasteiger partial charge on any atom is -0.328 e. The number of nitrogens with zero attached hydrogens (tertiary/aromatic N) is 1. The van der Waals surface area contributed by atoms with Crippen LogP contribution in [0, 0.1) is 0 Å². The smallest absolute Gasteiger partial charge is 0.253 e. The van der Waals surface area contributed by atoms with Crippen molar-refractivity contribution in [3.05, 3.63) is 15.9 Å². The van der Waals surface area contributed by atoms with Crippen molar-refractivity contribution >= 4 is 49.7 Å². The normalized spacial score (nSPS) is 18.9. The molecule has 0 atom stereocenters. The van der Waals surface area contributed by atoms with Gasteiger partial charge in [0.25, 0.3) is 10.0 Å². The first-order valence-corrected chi connectivity index (χ1v) is 8.12. The fraction of sp³-hybridized carbons (Fsp3) is 0.556. The molecule has 4 nitrogen and oxygen atoms in total. The highest BCUT2D eigenvalue weighted by Crippen LogP contribution is 2.31. The molecule has 1 aliphatic heterocycles. The molecule has 1 aromatic heterocycles. The molecule has 2 N–H and O–H groups in total. The number of nitrogens with two attached hydrogens (primary N) is 1. The molecule has 98 valence electrons. The molecule has 0 saturated carbocycles. The summed E-state index contributed by atoms with van der Waals surface area (Å²) in [5.41, 5.74) is 5.76. The summed E-state index contributed by atoms with van der Waals surface area (Å²) in [7, 11) is -3.32. The summed E-state index contributed by atoms with van der Waals surface area (Å²) in [6.07, 6.45) is 1.48. The standard InChI is InChI=1S/C9H13BrN2O2S2.ClH/c10-8-3-6-15-9(8)16(13,14)12-4-1-7(11)2-5-12;/h3,6-7H,1-2,4-5,11H2;1H. The Morgan fingerprint density at radius 3 is 2.47 bits per heavy atom. The van der Waals surface area contributed by atoms with Crippen molar-refractivity contribution in [2.75, 3.05) is 13.1 Å². The van der Waals surface area contributed by atoms with E-state index in [4.69, 9.17) is 5.73 Å². The molecule has 8 heteroatoms. The van der Waals surface area contributed by atoms with E-state index in [9.17, 15) is 8.42 Å². The van der Waals surface area contributed by atoms with Gasteiger partial charge in [-0.2, -0.15) is 4.31 Å². The highest BCUT2D eigenvalue weighted by Gasteiger charge is 2.30. The monoisotopic (exact) mass is 360 g/mol. The predicted molar refractivity (Wildman–Crippen MR) is 75.2 cm³/mol. The van der Waals surface area contributed by atoms with Gasteiger partial charge in [-0.25, -0.2) is 8.42 Å². The Labute approximate surface area is 120 Å². The molecule has 1 saturated heterocycles. The zero-order chi connectivity index (χ0) is 11.8. The molecule has 0 spiro atoms. The van der Waals surface area contributed by atoms with Crippen LogP contribution in [0.1, 0.15) is 12.8 Å². The first kappa shape index (κ1) is 15.4. The second-order valence-corrected chi connectivity index (χ2v) is 7.70. The van der Waals surface area contributed by atoms with E-state index in [1.165, 1.54) is 15.6 Å². The highest BCUT2D eigenvalue weighted by molar-refractivity contribution is 9.10. The summed E-state index contributed by atoms with van der Waals surface area (Å²) in [5.74, 6) is 0. The average Bonchev–Trinajstić information content (AvgIpc) is 2.66. The number of sulfonamides is 1. The molecule has 0 amide bonds. The van der Waals surface area contributed by atoms with E-state index >= 15 is 0 Å². The van der Waals surface area contributed by atoms with E-state index < -0.39 is 10.0 Å². The largest absolute Gasteiger partial charge is 0.328 e. The molecular formula is C9H14BrClN2O2S2. The second kappa shape index (κ2) is 5.99. The van der Waals surface area contributed by atoms with Gasteiger partial charge < -0.3 is 5.73 Å². The Kier molecular flexibility index (Phi) is 5.42. The Hall–Kier alpha value is 0.340. The Morgan fingerprint density at radius 2 is 2.00 bits per heavy atom. The second-order valence-electron chi connectivity index (χ2n) is 3.80. The third-order valence-electron chi connectivity index (χ3n) is 2.66. The van der Waals surface area contributed by atoms with Crippen molar-refractivity contribution in [2.24, 2.45) is 5.73 Å². The molecule has 0 bridgehead atoms. The van der Waals surface area contributed by atoms with Crippen LogP contribution in [0.3, 0.4) is 0 Å². The van der Waals surface area contributed by atoms with Crippen molar-refractivity contribution in [3.8, 4) is 0 Å². The SMILES string of the molecule is Cl.NC1CCN(S(=O)(=O)c2sccc2Br)CC1. The maximum Gasteiger partial charge on any atom is 0.253 e. The van der Waals surface area contributed by atoms with Gasteiger partial charge in [0.05, 0.1) is 0 Å². The van der Waals surface area contributed by atoms with Crippen molar-refractivity contribution in [2.45, 2.75) is 23.1 Å². The number of hydrogen-bond acceptors (Lipinski definition) is 4. The molecule has 17 heavy (non-hydrogen) atoms. The lowest BCUT2D eigenvalue weighted by Gasteiger charge is -2.28. The number of hydrogen-bond donors (Lipinski definition) is 1. The molecule has 0 aliphatic carbocycles. The molecule has 2 heterocycles. The lowest BCUT2D eigenvalue weighted by atomic mass is 10.1. The topological polar surface area (TPSA) is 63.4 Å². The van der Waals surface area contributed by atoms with Gasteiger partial charge in [-0.3, -0.25) is 0 Å².